The highest BCUT2D eigenvalue weighted by Crippen LogP contribution is 2.23. The molecule has 0 aromatic rings. The SMILES string of the molecule is CC1CCC(NCC(CN)C(C)C)CC1. The second-order valence-electron chi connectivity index (χ2n) is 5.60. The van der Waals surface area contributed by atoms with Crippen molar-refractivity contribution in [1.29, 1.82) is 0 Å². The average Bonchev–Trinajstić information content (AvgIpc) is 2.21. The molecule has 1 rings (SSSR count). The fourth-order valence-electron chi connectivity index (χ4n) is 2.37. The summed E-state index contributed by atoms with van der Waals surface area (Å²) in [5.74, 6) is 2.29. The zero-order valence-electron chi connectivity index (χ0n) is 10.6. The van der Waals surface area contributed by atoms with Crippen LogP contribution in [-0.2, 0) is 0 Å². The zero-order chi connectivity index (χ0) is 11.3. The molecule has 0 amide bonds. The van der Waals surface area contributed by atoms with Gasteiger partial charge < -0.3 is 11.1 Å². The van der Waals surface area contributed by atoms with Gasteiger partial charge in [0.15, 0.2) is 0 Å². The number of rotatable bonds is 5. The number of nitrogens with two attached hydrogens (primary N) is 1. The van der Waals surface area contributed by atoms with Crippen molar-refractivity contribution in [3.63, 3.8) is 0 Å². The lowest BCUT2D eigenvalue weighted by atomic mass is 9.87. The molecule has 0 bridgehead atoms. The molecule has 2 nitrogen and oxygen atoms in total. The summed E-state index contributed by atoms with van der Waals surface area (Å²) in [6.45, 7) is 8.82. The molecule has 1 aliphatic rings. The third-order valence-electron chi connectivity index (χ3n) is 3.93. The predicted octanol–water partition coefficient (Wildman–Crippen LogP) is 2.39. The Balaban J connectivity index is 2.18. The van der Waals surface area contributed by atoms with E-state index in [9.17, 15) is 0 Å². The van der Waals surface area contributed by atoms with Crippen LogP contribution in [0.2, 0.25) is 0 Å². The summed E-state index contributed by atoms with van der Waals surface area (Å²) in [6.07, 6.45) is 5.51. The van der Waals surface area contributed by atoms with E-state index in [0.29, 0.717) is 11.8 Å². The Morgan fingerprint density at radius 2 is 1.80 bits per heavy atom. The highest BCUT2D eigenvalue weighted by Gasteiger charge is 2.19. The van der Waals surface area contributed by atoms with Gasteiger partial charge in [-0.25, -0.2) is 0 Å². The molecule has 3 N–H and O–H groups in total. The highest BCUT2D eigenvalue weighted by atomic mass is 14.9. The largest absolute Gasteiger partial charge is 0.330 e. The fraction of sp³-hybridized carbons (Fsp3) is 1.00. The Morgan fingerprint density at radius 1 is 1.20 bits per heavy atom. The molecule has 0 aromatic carbocycles. The van der Waals surface area contributed by atoms with Gasteiger partial charge in [-0.3, -0.25) is 0 Å². The highest BCUT2D eigenvalue weighted by molar-refractivity contribution is 4.77. The second-order valence-corrected chi connectivity index (χ2v) is 5.60. The van der Waals surface area contributed by atoms with Crippen LogP contribution < -0.4 is 11.1 Å². The van der Waals surface area contributed by atoms with E-state index < -0.39 is 0 Å². The van der Waals surface area contributed by atoms with E-state index in [2.05, 4.69) is 26.1 Å². The van der Waals surface area contributed by atoms with Crippen molar-refractivity contribution in [3.8, 4) is 0 Å². The van der Waals surface area contributed by atoms with E-state index >= 15 is 0 Å². The Hall–Kier alpha value is -0.0800. The van der Waals surface area contributed by atoms with Crippen LogP contribution in [0.4, 0.5) is 0 Å². The van der Waals surface area contributed by atoms with Crippen LogP contribution in [0, 0.1) is 17.8 Å². The molecule has 2 heteroatoms. The lowest BCUT2D eigenvalue weighted by Gasteiger charge is -2.29. The van der Waals surface area contributed by atoms with Crippen molar-refractivity contribution in [3.05, 3.63) is 0 Å². The summed E-state index contributed by atoms with van der Waals surface area (Å²) in [6, 6.07) is 0.758. The van der Waals surface area contributed by atoms with E-state index in [1.165, 1.54) is 25.7 Å². The van der Waals surface area contributed by atoms with Crippen LogP contribution >= 0.6 is 0 Å². The Morgan fingerprint density at radius 3 is 2.27 bits per heavy atom. The molecule has 90 valence electrons. The summed E-state index contributed by atoms with van der Waals surface area (Å²) < 4.78 is 0. The van der Waals surface area contributed by atoms with Crippen LogP contribution in [0.25, 0.3) is 0 Å². The minimum atomic E-state index is 0.643. The van der Waals surface area contributed by atoms with Crippen molar-refractivity contribution in [2.24, 2.45) is 23.5 Å². The Kier molecular flexibility index (Phi) is 5.62. The summed E-state index contributed by atoms with van der Waals surface area (Å²) >= 11 is 0. The normalized spacial score (nSPS) is 29.4. The Labute approximate surface area is 95.0 Å². The maximum atomic E-state index is 5.77. The van der Waals surface area contributed by atoms with Gasteiger partial charge in [0.2, 0.25) is 0 Å². The van der Waals surface area contributed by atoms with Gasteiger partial charge in [-0.15, -0.1) is 0 Å². The molecular weight excluding hydrogens is 184 g/mol. The maximum Gasteiger partial charge on any atom is 0.00673 e. The monoisotopic (exact) mass is 212 g/mol. The van der Waals surface area contributed by atoms with E-state index in [0.717, 1.165) is 25.0 Å². The standard InChI is InChI=1S/C13H28N2/c1-10(2)12(8-14)9-15-13-6-4-11(3)5-7-13/h10-13,15H,4-9,14H2,1-3H3. The molecular formula is C13H28N2. The van der Waals surface area contributed by atoms with Crippen molar-refractivity contribution in [2.45, 2.75) is 52.5 Å². The number of hydrogen-bond acceptors (Lipinski definition) is 2. The molecule has 1 saturated carbocycles. The second kappa shape index (κ2) is 6.49. The molecule has 0 aromatic heterocycles. The van der Waals surface area contributed by atoms with Gasteiger partial charge in [-0.1, -0.05) is 20.8 Å². The minimum Gasteiger partial charge on any atom is -0.330 e. The smallest absolute Gasteiger partial charge is 0.00673 e. The molecule has 0 saturated heterocycles. The van der Waals surface area contributed by atoms with Gasteiger partial charge in [-0.2, -0.15) is 0 Å². The molecule has 1 fully saturated rings. The quantitative estimate of drug-likeness (QED) is 0.734. The van der Waals surface area contributed by atoms with Crippen molar-refractivity contribution in [2.75, 3.05) is 13.1 Å². The average molecular weight is 212 g/mol. The lowest BCUT2D eigenvalue weighted by molar-refractivity contribution is 0.279. The number of nitrogens with one attached hydrogen (secondary N) is 1. The molecule has 1 unspecified atom stereocenters. The van der Waals surface area contributed by atoms with Crippen molar-refractivity contribution in [1.82, 2.24) is 5.32 Å². The van der Waals surface area contributed by atoms with E-state index in [1.807, 2.05) is 0 Å². The van der Waals surface area contributed by atoms with Gasteiger partial charge in [-0.05, 0) is 56.5 Å². The number of hydrogen-bond donors (Lipinski definition) is 2. The summed E-state index contributed by atoms with van der Waals surface area (Å²) in [5.41, 5.74) is 5.77. The summed E-state index contributed by atoms with van der Waals surface area (Å²) in [7, 11) is 0. The molecule has 15 heavy (non-hydrogen) atoms. The summed E-state index contributed by atoms with van der Waals surface area (Å²) in [5, 5.41) is 3.69. The van der Waals surface area contributed by atoms with Gasteiger partial charge >= 0.3 is 0 Å². The van der Waals surface area contributed by atoms with E-state index in [1.54, 1.807) is 0 Å². The first-order valence-electron chi connectivity index (χ1n) is 6.57. The predicted molar refractivity (Wildman–Crippen MR) is 66.8 cm³/mol. The van der Waals surface area contributed by atoms with Gasteiger partial charge in [0.05, 0.1) is 0 Å². The van der Waals surface area contributed by atoms with Crippen LogP contribution in [-0.4, -0.2) is 19.1 Å². The molecule has 1 atom stereocenters. The lowest BCUT2D eigenvalue weighted by Crippen LogP contribution is -2.39. The van der Waals surface area contributed by atoms with E-state index in [4.69, 9.17) is 5.73 Å². The van der Waals surface area contributed by atoms with Crippen molar-refractivity contribution >= 4 is 0 Å². The zero-order valence-corrected chi connectivity index (χ0v) is 10.6. The van der Waals surface area contributed by atoms with Crippen LogP contribution in [0.3, 0.4) is 0 Å². The molecule has 0 spiro atoms. The van der Waals surface area contributed by atoms with Gasteiger partial charge in [0.25, 0.3) is 0 Å². The third kappa shape index (κ3) is 4.52. The topological polar surface area (TPSA) is 38.0 Å². The fourth-order valence-corrected chi connectivity index (χ4v) is 2.37. The van der Waals surface area contributed by atoms with Crippen LogP contribution in [0.5, 0.6) is 0 Å². The minimum absolute atomic E-state index is 0.643. The third-order valence-corrected chi connectivity index (χ3v) is 3.93. The maximum absolute atomic E-state index is 5.77. The summed E-state index contributed by atoms with van der Waals surface area (Å²) in [4.78, 5) is 0. The Bertz CT molecular complexity index is 160. The first kappa shape index (κ1) is 13.0. The molecule has 0 aliphatic heterocycles. The van der Waals surface area contributed by atoms with Crippen LogP contribution in [0.1, 0.15) is 46.5 Å². The first-order valence-corrected chi connectivity index (χ1v) is 6.57. The van der Waals surface area contributed by atoms with Crippen LogP contribution in [0.15, 0.2) is 0 Å². The molecule has 0 heterocycles. The van der Waals surface area contributed by atoms with E-state index in [-0.39, 0.29) is 0 Å². The van der Waals surface area contributed by atoms with Gasteiger partial charge in [0.1, 0.15) is 0 Å². The van der Waals surface area contributed by atoms with Crippen molar-refractivity contribution < 1.29 is 0 Å². The van der Waals surface area contributed by atoms with Gasteiger partial charge in [0, 0.05) is 6.04 Å². The molecule has 0 radical (unpaired) electrons. The molecule has 1 aliphatic carbocycles. The first-order chi connectivity index (χ1) is 7.13.